The van der Waals surface area contributed by atoms with Crippen LogP contribution >= 0.6 is 34.7 Å². The van der Waals surface area contributed by atoms with Crippen molar-refractivity contribution in [3.8, 4) is 5.75 Å². The number of esters is 1. The van der Waals surface area contributed by atoms with E-state index >= 15 is 0 Å². The van der Waals surface area contributed by atoms with Gasteiger partial charge in [0.05, 0.1) is 17.9 Å². The monoisotopic (exact) mass is 546 g/mol. The summed E-state index contributed by atoms with van der Waals surface area (Å²) >= 11 is 8.81. The summed E-state index contributed by atoms with van der Waals surface area (Å²) in [6.07, 6.45) is 4.50. The van der Waals surface area contributed by atoms with Crippen LogP contribution in [0, 0.1) is 6.92 Å². The van der Waals surface area contributed by atoms with Gasteiger partial charge >= 0.3 is 5.97 Å². The number of halogens is 1. The number of benzene rings is 1. The molecule has 0 fully saturated rings. The first kappa shape index (κ1) is 26.2. The van der Waals surface area contributed by atoms with Gasteiger partial charge in [0.15, 0.2) is 11.0 Å². The van der Waals surface area contributed by atoms with Gasteiger partial charge in [-0.15, -0.1) is 28.1 Å². The Balaban J connectivity index is 1.41. The SMILES string of the molecule is C=CCn1c(COc2ccc(Cl)c(C)c2)nnc1SCC(=O)Nc1sc2c(c1C(=O)OCC)CCC2. The molecule has 0 atom stereocenters. The lowest BCUT2D eigenvalue weighted by Gasteiger charge is -2.10. The number of amides is 1. The van der Waals surface area contributed by atoms with Crippen molar-refractivity contribution < 1.29 is 19.1 Å². The Morgan fingerprint density at radius 1 is 1.33 bits per heavy atom. The summed E-state index contributed by atoms with van der Waals surface area (Å²) in [4.78, 5) is 26.5. The van der Waals surface area contributed by atoms with Crippen LogP contribution in [0.5, 0.6) is 5.75 Å². The molecule has 0 aliphatic heterocycles. The van der Waals surface area contributed by atoms with Gasteiger partial charge in [-0.1, -0.05) is 29.4 Å². The molecule has 8 nitrogen and oxygen atoms in total. The average Bonchev–Trinajstić information content (AvgIpc) is 3.54. The summed E-state index contributed by atoms with van der Waals surface area (Å²) in [5, 5.41) is 13.2. The number of thiophene rings is 1. The van der Waals surface area contributed by atoms with Crippen LogP contribution in [-0.2, 0) is 35.5 Å². The summed E-state index contributed by atoms with van der Waals surface area (Å²) in [7, 11) is 0. The second-order valence-electron chi connectivity index (χ2n) is 8.12. The number of aromatic nitrogens is 3. The van der Waals surface area contributed by atoms with Crippen molar-refractivity contribution in [1.29, 1.82) is 0 Å². The predicted octanol–water partition coefficient (Wildman–Crippen LogP) is 5.46. The van der Waals surface area contributed by atoms with Crippen LogP contribution in [0.1, 0.15) is 45.5 Å². The Bertz CT molecular complexity index is 1290. The third kappa shape index (κ3) is 5.93. The zero-order valence-corrected chi connectivity index (χ0v) is 22.5. The summed E-state index contributed by atoms with van der Waals surface area (Å²) in [5.41, 5.74) is 2.43. The van der Waals surface area contributed by atoms with Crippen LogP contribution < -0.4 is 10.1 Å². The molecule has 2 aromatic heterocycles. The van der Waals surface area contributed by atoms with Crippen molar-refractivity contribution in [1.82, 2.24) is 14.8 Å². The molecule has 3 aromatic rings. The van der Waals surface area contributed by atoms with Crippen molar-refractivity contribution in [2.24, 2.45) is 0 Å². The lowest BCUT2D eigenvalue weighted by atomic mass is 10.1. The molecule has 0 spiro atoms. The third-order valence-corrected chi connectivity index (χ3v) is 8.19. The summed E-state index contributed by atoms with van der Waals surface area (Å²) in [5.74, 6) is 0.792. The Hall–Kier alpha value is -2.82. The van der Waals surface area contributed by atoms with Gasteiger partial charge < -0.3 is 14.8 Å². The van der Waals surface area contributed by atoms with E-state index in [0.29, 0.717) is 38.9 Å². The minimum absolute atomic E-state index is 0.108. The number of carbonyl (C=O) groups is 2. The molecule has 36 heavy (non-hydrogen) atoms. The summed E-state index contributed by atoms with van der Waals surface area (Å²) in [6.45, 7) is 8.46. The molecule has 0 unspecified atom stereocenters. The van der Waals surface area contributed by atoms with Crippen LogP contribution in [-0.4, -0.2) is 39.0 Å². The van der Waals surface area contributed by atoms with E-state index in [2.05, 4.69) is 22.1 Å². The van der Waals surface area contributed by atoms with Crippen molar-refractivity contribution >= 4 is 51.6 Å². The van der Waals surface area contributed by atoms with Gasteiger partial charge in [0.1, 0.15) is 17.4 Å². The molecule has 0 bridgehead atoms. The van der Waals surface area contributed by atoms with E-state index in [1.54, 1.807) is 25.1 Å². The topological polar surface area (TPSA) is 95.3 Å². The predicted molar refractivity (Wildman–Crippen MR) is 142 cm³/mol. The zero-order chi connectivity index (χ0) is 25.7. The normalized spacial score (nSPS) is 12.3. The second-order valence-corrected chi connectivity index (χ2v) is 10.6. The molecule has 1 aromatic carbocycles. The van der Waals surface area contributed by atoms with Gasteiger partial charge in [-0.05, 0) is 62.4 Å². The van der Waals surface area contributed by atoms with Gasteiger partial charge in [0, 0.05) is 16.4 Å². The maximum Gasteiger partial charge on any atom is 0.341 e. The maximum absolute atomic E-state index is 12.8. The molecular formula is C25H27ClN4O4S2. The molecule has 1 N–H and O–H groups in total. The molecule has 1 aliphatic carbocycles. The lowest BCUT2D eigenvalue weighted by Crippen LogP contribution is -2.17. The van der Waals surface area contributed by atoms with E-state index in [0.717, 1.165) is 35.3 Å². The van der Waals surface area contributed by atoms with E-state index in [1.165, 1.54) is 23.1 Å². The number of carbonyl (C=O) groups excluding carboxylic acids is 2. The van der Waals surface area contributed by atoms with Gasteiger partial charge in [-0.25, -0.2) is 4.79 Å². The highest BCUT2D eigenvalue weighted by atomic mass is 35.5. The number of hydrogen-bond acceptors (Lipinski definition) is 8. The highest BCUT2D eigenvalue weighted by Crippen LogP contribution is 2.39. The van der Waals surface area contributed by atoms with Crippen molar-refractivity contribution in [2.45, 2.75) is 51.4 Å². The molecule has 2 heterocycles. The molecule has 1 amide bonds. The minimum Gasteiger partial charge on any atom is -0.486 e. The number of nitrogens with one attached hydrogen (secondary N) is 1. The van der Waals surface area contributed by atoms with E-state index in [1.807, 2.05) is 17.6 Å². The molecule has 190 valence electrons. The summed E-state index contributed by atoms with van der Waals surface area (Å²) < 4.78 is 13.0. The van der Waals surface area contributed by atoms with E-state index in [4.69, 9.17) is 21.1 Å². The smallest absolute Gasteiger partial charge is 0.341 e. The second kappa shape index (κ2) is 11.9. The first-order valence-corrected chi connectivity index (χ1v) is 13.8. The van der Waals surface area contributed by atoms with Crippen molar-refractivity contribution in [3.05, 3.63) is 63.3 Å². The number of anilines is 1. The Labute approximate surface area is 223 Å². The van der Waals surface area contributed by atoms with Crippen molar-refractivity contribution in [3.63, 3.8) is 0 Å². The zero-order valence-electron chi connectivity index (χ0n) is 20.1. The molecule has 11 heteroatoms. The van der Waals surface area contributed by atoms with Gasteiger partial charge in [0.2, 0.25) is 5.91 Å². The Kier molecular flexibility index (Phi) is 8.71. The number of aryl methyl sites for hydroxylation is 2. The molecular weight excluding hydrogens is 520 g/mol. The first-order chi connectivity index (χ1) is 17.4. The fourth-order valence-corrected chi connectivity index (χ4v) is 6.08. The number of hydrogen-bond donors (Lipinski definition) is 1. The van der Waals surface area contributed by atoms with Crippen LogP contribution in [0.4, 0.5) is 5.00 Å². The largest absolute Gasteiger partial charge is 0.486 e. The lowest BCUT2D eigenvalue weighted by molar-refractivity contribution is -0.113. The molecule has 0 saturated carbocycles. The van der Waals surface area contributed by atoms with Crippen LogP contribution in [0.15, 0.2) is 36.0 Å². The fraction of sp³-hybridized carbons (Fsp3) is 0.360. The number of allylic oxidation sites excluding steroid dienone is 1. The van der Waals surface area contributed by atoms with Gasteiger partial charge in [0.25, 0.3) is 0 Å². The van der Waals surface area contributed by atoms with E-state index in [-0.39, 0.29) is 30.8 Å². The molecule has 4 rings (SSSR count). The van der Waals surface area contributed by atoms with Crippen LogP contribution in [0.2, 0.25) is 5.02 Å². The Morgan fingerprint density at radius 3 is 2.92 bits per heavy atom. The third-order valence-electron chi connectivity index (χ3n) is 5.59. The summed E-state index contributed by atoms with van der Waals surface area (Å²) in [6, 6.07) is 5.45. The standard InChI is InChI=1S/C25H27ClN4O4S2/c1-4-11-30-20(13-34-16-9-10-18(26)15(3)12-16)28-29-25(30)35-14-21(31)27-23-22(24(32)33-5-2)17-7-6-8-19(17)36-23/h4,9-10,12H,1,5-8,11,13-14H2,2-3H3,(H,27,31). The average molecular weight is 547 g/mol. The van der Waals surface area contributed by atoms with Gasteiger partial charge in [-0.3, -0.25) is 9.36 Å². The maximum atomic E-state index is 12.8. The van der Waals surface area contributed by atoms with Crippen LogP contribution in [0.3, 0.4) is 0 Å². The molecule has 0 radical (unpaired) electrons. The number of fused-ring (bicyclic) bond motifs is 1. The first-order valence-electron chi connectivity index (χ1n) is 11.6. The Morgan fingerprint density at radius 2 is 2.17 bits per heavy atom. The van der Waals surface area contributed by atoms with Gasteiger partial charge in [-0.2, -0.15) is 0 Å². The fourth-order valence-electron chi connectivity index (χ4n) is 3.90. The van der Waals surface area contributed by atoms with Crippen molar-refractivity contribution in [2.75, 3.05) is 17.7 Å². The van der Waals surface area contributed by atoms with E-state index in [9.17, 15) is 9.59 Å². The van der Waals surface area contributed by atoms with E-state index < -0.39 is 0 Å². The van der Waals surface area contributed by atoms with Crippen LogP contribution in [0.25, 0.3) is 0 Å². The number of rotatable bonds is 11. The number of nitrogens with zero attached hydrogens (tertiary/aromatic N) is 3. The highest BCUT2D eigenvalue weighted by Gasteiger charge is 2.28. The highest BCUT2D eigenvalue weighted by molar-refractivity contribution is 7.99. The number of thioether (sulfide) groups is 1. The molecule has 1 aliphatic rings. The number of ether oxygens (including phenoxy) is 2. The minimum atomic E-state index is -0.383. The quantitative estimate of drug-likeness (QED) is 0.194. The molecule has 0 saturated heterocycles.